The number of ether oxygens (including phenoxy) is 1. The SMILES string of the molecule is Cc1cc(C(=O)N2CCCCC2)ccc1N1CCc2c(-c3cnc(N)nc3)nc(N3CCOCC3)nc21. The molecule has 0 aliphatic carbocycles. The Morgan fingerprint density at radius 3 is 2.46 bits per heavy atom. The van der Waals surface area contributed by atoms with Crippen LogP contribution in [-0.4, -0.2) is 76.7 Å². The number of amides is 1. The summed E-state index contributed by atoms with van der Waals surface area (Å²) in [5.74, 6) is 1.93. The van der Waals surface area contributed by atoms with Crippen molar-refractivity contribution in [3.8, 4) is 11.3 Å². The molecule has 0 saturated carbocycles. The summed E-state index contributed by atoms with van der Waals surface area (Å²) in [5, 5.41) is 0. The van der Waals surface area contributed by atoms with E-state index < -0.39 is 0 Å². The highest BCUT2D eigenvalue weighted by molar-refractivity contribution is 5.95. The van der Waals surface area contributed by atoms with Crippen LogP contribution in [0.1, 0.15) is 40.7 Å². The van der Waals surface area contributed by atoms with Crippen LogP contribution in [0.5, 0.6) is 0 Å². The molecule has 3 aliphatic heterocycles. The van der Waals surface area contributed by atoms with Gasteiger partial charge in [0.2, 0.25) is 11.9 Å². The number of hydrogen-bond donors (Lipinski definition) is 1. The average molecular weight is 501 g/mol. The van der Waals surface area contributed by atoms with Crippen molar-refractivity contribution in [2.24, 2.45) is 0 Å². The molecule has 5 heterocycles. The van der Waals surface area contributed by atoms with Gasteiger partial charge in [-0.3, -0.25) is 4.79 Å². The van der Waals surface area contributed by atoms with E-state index in [9.17, 15) is 4.79 Å². The van der Waals surface area contributed by atoms with E-state index in [0.29, 0.717) is 19.2 Å². The molecular formula is C27H32N8O2. The Morgan fingerprint density at radius 1 is 0.973 bits per heavy atom. The quantitative estimate of drug-likeness (QED) is 0.577. The van der Waals surface area contributed by atoms with Crippen LogP contribution in [0, 0.1) is 6.92 Å². The molecule has 0 atom stereocenters. The number of anilines is 4. The number of nitrogen functional groups attached to an aromatic ring is 1. The normalized spacial score (nSPS) is 17.7. The number of rotatable bonds is 4. The fraction of sp³-hybridized carbons (Fsp3) is 0.444. The highest BCUT2D eigenvalue weighted by atomic mass is 16.5. The topological polar surface area (TPSA) is 114 Å². The zero-order valence-electron chi connectivity index (χ0n) is 21.2. The van der Waals surface area contributed by atoms with E-state index in [2.05, 4.69) is 32.8 Å². The molecule has 6 rings (SSSR count). The maximum atomic E-state index is 13.1. The molecule has 192 valence electrons. The van der Waals surface area contributed by atoms with Crippen molar-refractivity contribution in [3.05, 3.63) is 47.3 Å². The third-order valence-electron chi connectivity index (χ3n) is 7.43. The Hall–Kier alpha value is -3.79. The maximum absolute atomic E-state index is 13.1. The Balaban J connectivity index is 1.37. The monoisotopic (exact) mass is 500 g/mol. The Labute approximate surface area is 216 Å². The van der Waals surface area contributed by atoms with Crippen LogP contribution < -0.4 is 15.5 Å². The second kappa shape index (κ2) is 9.93. The molecule has 10 nitrogen and oxygen atoms in total. The van der Waals surface area contributed by atoms with Crippen LogP contribution in [-0.2, 0) is 11.2 Å². The molecule has 2 saturated heterocycles. The molecular weight excluding hydrogens is 468 g/mol. The molecule has 2 fully saturated rings. The van der Waals surface area contributed by atoms with E-state index in [-0.39, 0.29) is 11.9 Å². The summed E-state index contributed by atoms with van der Waals surface area (Å²) in [6.45, 7) is 7.31. The van der Waals surface area contributed by atoms with Crippen molar-refractivity contribution in [1.82, 2.24) is 24.8 Å². The Kier molecular flexibility index (Phi) is 6.33. The zero-order valence-corrected chi connectivity index (χ0v) is 21.2. The van der Waals surface area contributed by atoms with Gasteiger partial charge in [-0.15, -0.1) is 0 Å². The van der Waals surface area contributed by atoms with Crippen molar-refractivity contribution in [1.29, 1.82) is 0 Å². The molecule has 37 heavy (non-hydrogen) atoms. The molecule has 0 unspecified atom stereocenters. The number of nitrogens with zero attached hydrogens (tertiary/aromatic N) is 7. The van der Waals surface area contributed by atoms with Crippen LogP contribution in [0.25, 0.3) is 11.3 Å². The van der Waals surface area contributed by atoms with Crippen molar-refractivity contribution in [3.63, 3.8) is 0 Å². The van der Waals surface area contributed by atoms with Gasteiger partial charge in [-0.05, 0) is 56.4 Å². The molecule has 3 aromatic rings. The predicted octanol–water partition coefficient (Wildman–Crippen LogP) is 2.98. The molecule has 0 bridgehead atoms. The summed E-state index contributed by atoms with van der Waals surface area (Å²) in [6, 6.07) is 6.03. The minimum absolute atomic E-state index is 0.124. The van der Waals surface area contributed by atoms with Crippen LogP contribution in [0.15, 0.2) is 30.6 Å². The van der Waals surface area contributed by atoms with Gasteiger partial charge in [0.1, 0.15) is 5.82 Å². The minimum Gasteiger partial charge on any atom is -0.378 e. The summed E-state index contributed by atoms with van der Waals surface area (Å²) < 4.78 is 5.55. The van der Waals surface area contributed by atoms with E-state index in [1.165, 1.54) is 6.42 Å². The molecule has 1 amide bonds. The van der Waals surface area contributed by atoms with Crippen molar-refractivity contribution in [2.75, 3.05) is 61.5 Å². The van der Waals surface area contributed by atoms with Crippen molar-refractivity contribution >= 4 is 29.3 Å². The van der Waals surface area contributed by atoms with Gasteiger partial charge in [0, 0.05) is 67.5 Å². The van der Waals surface area contributed by atoms with Gasteiger partial charge in [0.05, 0.1) is 18.9 Å². The summed E-state index contributed by atoms with van der Waals surface area (Å²) in [4.78, 5) is 37.9. The predicted molar refractivity (Wildman–Crippen MR) is 142 cm³/mol. The van der Waals surface area contributed by atoms with Crippen LogP contribution in [0.2, 0.25) is 0 Å². The van der Waals surface area contributed by atoms with Gasteiger partial charge in [0.25, 0.3) is 5.91 Å². The van der Waals surface area contributed by atoms with Crippen LogP contribution in [0.4, 0.5) is 23.4 Å². The number of benzene rings is 1. The van der Waals surface area contributed by atoms with Gasteiger partial charge in [0.15, 0.2) is 0 Å². The second-order valence-electron chi connectivity index (χ2n) is 9.86. The second-order valence-corrected chi connectivity index (χ2v) is 9.86. The summed E-state index contributed by atoms with van der Waals surface area (Å²) in [7, 11) is 0. The van der Waals surface area contributed by atoms with Gasteiger partial charge in [-0.2, -0.15) is 4.98 Å². The number of carbonyl (C=O) groups is 1. The van der Waals surface area contributed by atoms with E-state index in [1.54, 1.807) is 12.4 Å². The average Bonchev–Trinajstić information content (AvgIpc) is 3.37. The third-order valence-corrected chi connectivity index (χ3v) is 7.43. The highest BCUT2D eigenvalue weighted by Gasteiger charge is 2.30. The fourth-order valence-electron chi connectivity index (χ4n) is 5.45. The molecule has 0 spiro atoms. The Morgan fingerprint density at radius 2 is 1.73 bits per heavy atom. The highest BCUT2D eigenvalue weighted by Crippen LogP contribution is 2.40. The van der Waals surface area contributed by atoms with Crippen molar-refractivity contribution in [2.45, 2.75) is 32.6 Å². The molecule has 10 heteroatoms. The van der Waals surface area contributed by atoms with Gasteiger partial charge in [-0.25, -0.2) is 15.0 Å². The smallest absolute Gasteiger partial charge is 0.253 e. The lowest BCUT2D eigenvalue weighted by Gasteiger charge is -2.29. The molecule has 3 aliphatic rings. The number of piperidine rings is 1. The van der Waals surface area contributed by atoms with E-state index >= 15 is 0 Å². The fourth-order valence-corrected chi connectivity index (χ4v) is 5.45. The molecule has 0 radical (unpaired) electrons. The first-order valence-electron chi connectivity index (χ1n) is 13.1. The largest absolute Gasteiger partial charge is 0.378 e. The van der Waals surface area contributed by atoms with E-state index in [4.69, 9.17) is 20.4 Å². The van der Waals surface area contributed by atoms with E-state index in [0.717, 1.165) is 91.4 Å². The standard InChI is InChI=1S/C27H32N8O2/c1-18-15-19(25(36)33-8-3-2-4-9-33)5-6-22(18)35-10-7-21-23(20-16-29-26(28)30-17-20)31-27(32-24(21)35)34-11-13-37-14-12-34/h5-6,15-17H,2-4,7-14H2,1H3,(H2,28,29,30). The summed E-state index contributed by atoms with van der Waals surface area (Å²) in [5.41, 5.74) is 11.3. The van der Waals surface area contributed by atoms with Crippen LogP contribution in [0.3, 0.4) is 0 Å². The van der Waals surface area contributed by atoms with Gasteiger partial charge >= 0.3 is 0 Å². The Bertz CT molecular complexity index is 1300. The summed E-state index contributed by atoms with van der Waals surface area (Å²) in [6.07, 6.45) is 7.62. The molecule has 2 aromatic heterocycles. The first-order chi connectivity index (χ1) is 18.1. The molecule has 2 N–H and O–H groups in total. The third kappa shape index (κ3) is 4.57. The molecule has 1 aromatic carbocycles. The number of nitrogens with two attached hydrogens (primary N) is 1. The van der Waals surface area contributed by atoms with Crippen molar-refractivity contribution < 1.29 is 9.53 Å². The summed E-state index contributed by atoms with van der Waals surface area (Å²) >= 11 is 0. The number of carbonyl (C=O) groups excluding carboxylic acids is 1. The number of aryl methyl sites for hydroxylation is 1. The number of morpholine rings is 1. The minimum atomic E-state index is 0.124. The first-order valence-corrected chi connectivity index (χ1v) is 13.1. The number of fused-ring (bicyclic) bond motifs is 1. The number of aromatic nitrogens is 4. The lowest BCUT2D eigenvalue weighted by atomic mass is 10.1. The maximum Gasteiger partial charge on any atom is 0.253 e. The van der Waals surface area contributed by atoms with E-state index in [1.807, 2.05) is 17.0 Å². The number of likely N-dealkylation sites (tertiary alicyclic amines) is 1. The lowest BCUT2D eigenvalue weighted by molar-refractivity contribution is 0.0724. The first kappa shape index (κ1) is 23.6. The van der Waals surface area contributed by atoms with Crippen LogP contribution >= 0.6 is 0 Å². The zero-order chi connectivity index (χ0) is 25.4. The van der Waals surface area contributed by atoms with Gasteiger partial charge in [-0.1, -0.05) is 0 Å². The number of hydrogen-bond acceptors (Lipinski definition) is 9. The van der Waals surface area contributed by atoms with Gasteiger partial charge < -0.3 is 25.2 Å². The lowest BCUT2D eigenvalue weighted by Crippen LogP contribution is -2.37.